The second kappa shape index (κ2) is 6.53. The molecule has 0 unspecified atom stereocenters. The Morgan fingerprint density at radius 1 is 1.11 bits per heavy atom. The molecule has 0 aromatic carbocycles. The van der Waals surface area contributed by atoms with E-state index in [0.717, 1.165) is 4.90 Å². The van der Waals surface area contributed by atoms with Crippen molar-refractivity contribution in [2.75, 3.05) is 19.6 Å². The second-order valence-electron chi connectivity index (χ2n) is 3.74. The van der Waals surface area contributed by atoms with Crippen LogP contribution in [-0.4, -0.2) is 48.2 Å². The number of imide groups is 1. The predicted octanol–water partition coefficient (Wildman–Crippen LogP) is -1.45. The highest BCUT2D eigenvalue weighted by molar-refractivity contribution is 6.13. The van der Waals surface area contributed by atoms with E-state index >= 15 is 0 Å². The summed E-state index contributed by atoms with van der Waals surface area (Å²) in [6.45, 7) is 2.12. The summed E-state index contributed by atoms with van der Waals surface area (Å²) in [7, 11) is 0. The van der Waals surface area contributed by atoms with Crippen LogP contribution in [0.15, 0.2) is 12.2 Å². The number of hydrogen-bond acceptors (Lipinski definition) is 4. The molecule has 0 aliphatic carbocycles. The highest BCUT2D eigenvalue weighted by Crippen LogP contribution is 2.03. The number of rotatable bonds is 6. The number of carbonyl (C=O) groups excluding carboxylic acids is 4. The third kappa shape index (κ3) is 4.36. The lowest BCUT2D eigenvalue weighted by atomic mass is 10.3. The van der Waals surface area contributed by atoms with Gasteiger partial charge >= 0.3 is 0 Å². The number of nitrogens with one attached hydrogen (secondary N) is 2. The average Bonchev–Trinajstić information content (AvgIpc) is 2.62. The molecule has 0 fully saturated rings. The Morgan fingerprint density at radius 2 is 1.67 bits per heavy atom. The maximum atomic E-state index is 11.4. The van der Waals surface area contributed by atoms with E-state index in [1.807, 2.05) is 0 Å². The topological polar surface area (TPSA) is 95.6 Å². The lowest BCUT2D eigenvalue weighted by Gasteiger charge is -2.13. The van der Waals surface area contributed by atoms with E-state index in [4.69, 9.17) is 0 Å². The van der Waals surface area contributed by atoms with Gasteiger partial charge in [0.25, 0.3) is 11.8 Å². The highest BCUT2D eigenvalue weighted by atomic mass is 16.2. The Labute approximate surface area is 104 Å². The first-order valence-electron chi connectivity index (χ1n) is 5.55. The molecular weight excluding hydrogens is 238 g/mol. The fourth-order valence-electron chi connectivity index (χ4n) is 1.39. The zero-order valence-corrected chi connectivity index (χ0v) is 10.1. The largest absolute Gasteiger partial charge is 0.355 e. The summed E-state index contributed by atoms with van der Waals surface area (Å²) < 4.78 is 0. The van der Waals surface area contributed by atoms with Gasteiger partial charge in [0.15, 0.2) is 0 Å². The Hall–Kier alpha value is -2.18. The molecular formula is C11H15N3O4. The van der Waals surface area contributed by atoms with Crippen molar-refractivity contribution < 1.29 is 19.2 Å². The van der Waals surface area contributed by atoms with Crippen LogP contribution in [0.4, 0.5) is 0 Å². The van der Waals surface area contributed by atoms with Crippen LogP contribution in [0.5, 0.6) is 0 Å². The molecule has 1 aliphatic heterocycles. The van der Waals surface area contributed by atoms with Crippen LogP contribution >= 0.6 is 0 Å². The van der Waals surface area contributed by atoms with E-state index in [-0.39, 0.29) is 24.8 Å². The maximum absolute atomic E-state index is 11.4. The Balaban J connectivity index is 2.16. The van der Waals surface area contributed by atoms with Crippen molar-refractivity contribution in [2.24, 2.45) is 0 Å². The van der Waals surface area contributed by atoms with Crippen LogP contribution in [0.25, 0.3) is 0 Å². The highest BCUT2D eigenvalue weighted by Gasteiger charge is 2.23. The van der Waals surface area contributed by atoms with Crippen LogP contribution in [0.3, 0.4) is 0 Å². The van der Waals surface area contributed by atoms with Crippen molar-refractivity contribution in [1.82, 2.24) is 15.5 Å². The van der Waals surface area contributed by atoms with Gasteiger partial charge in [-0.3, -0.25) is 24.1 Å². The lowest BCUT2D eigenvalue weighted by Crippen LogP contribution is -2.37. The Morgan fingerprint density at radius 3 is 2.22 bits per heavy atom. The van der Waals surface area contributed by atoms with Crippen LogP contribution in [0.1, 0.15) is 13.3 Å². The first-order chi connectivity index (χ1) is 8.50. The van der Waals surface area contributed by atoms with Gasteiger partial charge in [-0.1, -0.05) is 0 Å². The van der Waals surface area contributed by atoms with Crippen molar-refractivity contribution >= 4 is 23.6 Å². The molecule has 0 spiro atoms. The predicted molar refractivity (Wildman–Crippen MR) is 62.2 cm³/mol. The third-order valence-electron chi connectivity index (χ3n) is 2.28. The summed E-state index contributed by atoms with van der Waals surface area (Å²) in [4.78, 5) is 45.3. The molecule has 0 atom stereocenters. The first-order valence-corrected chi connectivity index (χ1v) is 5.55. The van der Waals surface area contributed by atoms with Crippen LogP contribution in [0.2, 0.25) is 0 Å². The van der Waals surface area contributed by atoms with Crippen molar-refractivity contribution in [3.63, 3.8) is 0 Å². The molecule has 98 valence electrons. The number of amides is 4. The average molecular weight is 253 g/mol. The van der Waals surface area contributed by atoms with Crippen LogP contribution in [-0.2, 0) is 19.2 Å². The summed E-state index contributed by atoms with van der Waals surface area (Å²) in [6.07, 6.45) is 2.41. The molecule has 1 rings (SSSR count). The van der Waals surface area contributed by atoms with E-state index in [1.165, 1.54) is 19.1 Å². The third-order valence-corrected chi connectivity index (χ3v) is 2.28. The van der Waals surface area contributed by atoms with E-state index in [9.17, 15) is 19.2 Å². The smallest absolute Gasteiger partial charge is 0.253 e. The van der Waals surface area contributed by atoms with Gasteiger partial charge in [-0.15, -0.1) is 0 Å². The van der Waals surface area contributed by atoms with Gasteiger partial charge in [0.1, 0.15) is 0 Å². The molecule has 0 aromatic heterocycles. The molecule has 0 saturated heterocycles. The van der Waals surface area contributed by atoms with Crippen molar-refractivity contribution in [2.45, 2.75) is 13.3 Å². The molecule has 7 nitrogen and oxygen atoms in total. The standard InChI is InChI=1S/C11H15N3O4/c1-8(15)12-5-6-13-9(16)4-7-14-10(17)2-3-11(14)18/h2-3H,4-7H2,1H3,(H,12,15)(H,13,16). The number of carbonyl (C=O) groups is 4. The van der Waals surface area contributed by atoms with Gasteiger partial charge in [-0.2, -0.15) is 0 Å². The molecule has 1 heterocycles. The zero-order chi connectivity index (χ0) is 13.5. The molecule has 2 N–H and O–H groups in total. The summed E-state index contributed by atoms with van der Waals surface area (Å²) >= 11 is 0. The minimum atomic E-state index is -0.397. The zero-order valence-electron chi connectivity index (χ0n) is 10.1. The van der Waals surface area contributed by atoms with E-state index in [0.29, 0.717) is 13.1 Å². The van der Waals surface area contributed by atoms with Gasteiger partial charge < -0.3 is 10.6 Å². The molecule has 18 heavy (non-hydrogen) atoms. The molecule has 1 aliphatic rings. The quantitative estimate of drug-likeness (QED) is 0.447. The fraction of sp³-hybridized carbons (Fsp3) is 0.455. The SMILES string of the molecule is CC(=O)NCCNC(=O)CCN1C(=O)C=CC1=O. The van der Waals surface area contributed by atoms with Gasteiger partial charge in [0.2, 0.25) is 11.8 Å². The number of nitrogens with zero attached hydrogens (tertiary/aromatic N) is 1. The molecule has 7 heteroatoms. The van der Waals surface area contributed by atoms with Gasteiger partial charge in [-0.25, -0.2) is 0 Å². The van der Waals surface area contributed by atoms with E-state index in [1.54, 1.807) is 0 Å². The summed E-state index contributed by atoms with van der Waals surface area (Å²) in [6, 6.07) is 0. The summed E-state index contributed by atoms with van der Waals surface area (Å²) in [5, 5.41) is 5.10. The molecule has 0 saturated carbocycles. The first kappa shape index (κ1) is 13.9. The molecule has 0 radical (unpaired) electrons. The maximum Gasteiger partial charge on any atom is 0.253 e. The van der Waals surface area contributed by atoms with Crippen molar-refractivity contribution in [1.29, 1.82) is 0 Å². The van der Waals surface area contributed by atoms with Gasteiger partial charge in [0.05, 0.1) is 0 Å². The summed E-state index contributed by atoms with van der Waals surface area (Å²) in [5.41, 5.74) is 0. The summed E-state index contributed by atoms with van der Waals surface area (Å²) in [5.74, 6) is -1.23. The second-order valence-corrected chi connectivity index (χ2v) is 3.74. The van der Waals surface area contributed by atoms with E-state index < -0.39 is 11.8 Å². The Bertz CT molecular complexity index is 385. The minimum absolute atomic E-state index is 0.0548. The van der Waals surface area contributed by atoms with Gasteiger partial charge in [0, 0.05) is 45.1 Å². The normalized spacial score (nSPS) is 13.9. The van der Waals surface area contributed by atoms with Crippen LogP contribution in [0, 0.1) is 0 Å². The van der Waals surface area contributed by atoms with Crippen LogP contribution < -0.4 is 10.6 Å². The van der Waals surface area contributed by atoms with Gasteiger partial charge in [-0.05, 0) is 0 Å². The minimum Gasteiger partial charge on any atom is -0.355 e. The van der Waals surface area contributed by atoms with Crippen molar-refractivity contribution in [3.05, 3.63) is 12.2 Å². The van der Waals surface area contributed by atoms with Crippen molar-refractivity contribution in [3.8, 4) is 0 Å². The Kier molecular flexibility index (Phi) is 5.04. The number of hydrogen-bond donors (Lipinski definition) is 2. The fourth-order valence-corrected chi connectivity index (χ4v) is 1.39. The monoisotopic (exact) mass is 253 g/mol. The lowest BCUT2D eigenvalue weighted by molar-refractivity contribution is -0.137. The molecule has 4 amide bonds. The molecule has 0 bridgehead atoms. The van der Waals surface area contributed by atoms with E-state index in [2.05, 4.69) is 10.6 Å². The molecule has 0 aromatic rings.